The molecule has 9 heteroatoms. The van der Waals surface area contributed by atoms with E-state index in [4.69, 9.17) is 0 Å². The minimum atomic E-state index is -0.323. The molecule has 0 saturated carbocycles. The molecular formula is C19H17BrN6O2. The molecule has 1 atom stereocenters. The normalized spacial score (nSPS) is 15.8. The van der Waals surface area contributed by atoms with Gasteiger partial charge in [-0.15, -0.1) is 5.92 Å². The quantitative estimate of drug-likeness (QED) is 0.632. The van der Waals surface area contributed by atoms with Crippen LogP contribution in [0.5, 0.6) is 0 Å². The molecule has 3 heterocycles. The Hall–Kier alpha value is -2.96. The molecule has 0 amide bonds. The number of hydrogen-bond acceptors (Lipinski definition) is 6. The van der Waals surface area contributed by atoms with Crippen molar-refractivity contribution in [1.29, 1.82) is 0 Å². The van der Waals surface area contributed by atoms with E-state index in [1.54, 1.807) is 11.5 Å². The lowest BCUT2D eigenvalue weighted by Crippen LogP contribution is -2.38. The van der Waals surface area contributed by atoms with Crippen LogP contribution in [0.15, 0.2) is 45.0 Å². The summed E-state index contributed by atoms with van der Waals surface area (Å²) < 4.78 is 3.49. The monoisotopic (exact) mass is 440 g/mol. The van der Waals surface area contributed by atoms with E-state index in [1.165, 1.54) is 10.9 Å². The predicted octanol–water partition coefficient (Wildman–Crippen LogP) is 2.87. The third kappa shape index (κ3) is 3.00. The van der Waals surface area contributed by atoms with Crippen LogP contribution in [-0.2, 0) is 13.1 Å². The predicted molar refractivity (Wildman–Crippen MR) is 109 cm³/mol. The molecule has 0 saturated heterocycles. The standard InChI is InChI=1S/C19H17BrN6O2/c1-3-4-9-24-17-15(23-19(24)20)10-21-25(18(17)27)11-16-22-14-8-6-5-7-13(14)12(2)26(16)28/h5-8,10,12,28H,9,11H2,1-2H3. The highest BCUT2D eigenvalue weighted by molar-refractivity contribution is 9.10. The lowest BCUT2D eigenvalue weighted by molar-refractivity contribution is -0.0537. The van der Waals surface area contributed by atoms with Gasteiger partial charge in [0.2, 0.25) is 0 Å². The number of rotatable bonds is 3. The fraction of sp³-hybridized carbons (Fsp3) is 0.263. The summed E-state index contributed by atoms with van der Waals surface area (Å²) in [5.41, 5.74) is 2.26. The van der Waals surface area contributed by atoms with E-state index in [9.17, 15) is 10.0 Å². The number of benzene rings is 1. The third-order valence-corrected chi connectivity index (χ3v) is 5.28. The van der Waals surface area contributed by atoms with Crippen LogP contribution in [0.3, 0.4) is 0 Å². The molecule has 1 aliphatic heterocycles. The van der Waals surface area contributed by atoms with E-state index in [-0.39, 0.29) is 18.1 Å². The van der Waals surface area contributed by atoms with E-state index in [2.05, 4.69) is 42.8 Å². The van der Waals surface area contributed by atoms with E-state index >= 15 is 0 Å². The van der Waals surface area contributed by atoms with Crippen molar-refractivity contribution in [1.82, 2.24) is 24.4 Å². The van der Waals surface area contributed by atoms with E-state index in [0.717, 1.165) is 16.3 Å². The molecule has 0 bridgehead atoms. The summed E-state index contributed by atoms with van der Waals surface area (Å²) in [6, 6.07) is 7.32. The van der Waals surface area contributed by atoms with Crippen LogP contribution in [0.2, 0.25) is 0 Å². The van der Waals surface area contributed by atoms with Crippen LogP contribution in [0.1, 0.15) is 25.5 Å². The van der Waals surface area contributed by atoms with Gasteiger partial charge in [0.1, 0.15) is 17.6 Å². The lowest BCUT2D eigenvalue weighted by atomic mass is 10.0. The van der Waals surface area contributed by atoms with Crippen molar-refractivity contribution >= 4 is 38.5 Å². The van der Waals surface area contributed by atoms with Gasteiger partial charge in [-0.2, -0.15) is 5.10 Å². The first-order valence-corrected chi connectivity index (χ1v) is 9.46. The van der Waals surface area contributed by atoms with Crippen LogP contribution >= 0.6 is 15.9 Å². The topological polar surface area (TPSA) is 88.5 Å². The summed E-state index contributed by atoms with van der Waals surface area (Å²) in [5, 5.41) is 15.8. The second-order valence-electron chi connectivity index (χ2n) is 6.34. The zero-order valence-corrected chi connectivity index (χ0v) is 16.9. The van der Waals surface area contributed by atoms with Crippen LogP contribution in [0.4, 0.5) is 5.69 Å². The Balaban J connectivity index is 1.78. The summed E-state index contributed by atoms with van der Waals surface area (Å²) in [6.45, 7) is 3.99. The van der Waals surface area contributed by atoms with Crippen molar-refractivity contribution in [2.45, 2.75) is 33.0 Å². The zero-order chi connectivity index (χ0) is 19.8. The molecule has 0 aliphatic carbocycles. The third-order valence-electron chi connectivity index (χ3n) is 4.68. The molecule has 3 aromatic rings. The Morgan fingerprint density at radius 2 is 2.11 bits per heavy atom. The number of para-hydroxylation sites is 1. The van der Waals surface area contributed by atoms with Gasteiger partial charge in [-0.3, -0.25) is 10.0 Å². The summed E-state index contributed by atoms with van der Waals surface area (Å²) in [7, 11) is 0. The smallest absolute Gasteiger partial charge is 0.293 e. The van der Waals surface area contributed by atoms with Crippen molar-refractivity contribution in [2.24, 2.45) is 4.99 Å². The summed E-state index contributed by atoms with van der Waals surface area (Å²) >= 11 is 3.37. The van der Waals surface area contributed by atoms with Gasteiger partial charge in [0.15, 0.2) is 10.6 Å². The number of amidine groups is 1. The maximum atomic E-state index is 13.0. The first kappa shape index (κ1) is 18.4. The van der Waals surface area contributed by atoms with Gasteiger partial charge in [0.25, 0.3) is 5.56 Å². The number of nitrogens with zero attached hydrogens (tertiary/aromatic N) is 6. The van der Waals surface area contributed by atoms with Gasteiger partial charge in [0, 0.05) is 5.56 Å². The number of hydroxylamine groups is 2. The van der Waals surface area contributed by atoms with Gasteiger partial charge >= 0.3 is 0 Å². The summed E-state index contributed by atoms with van der Waals surface area (Å²) in [5.74, 6) is 6.10. The molecule has 8 nitrogen and oxygen atoms in total. The van der Waals surface area contributed by atoms with Crippen molar-refractivity contribution in [3.05, 3.63) is 51.1 Å². The van der Waals surface area contributed by atoms with Gasteiger partial charge in [-0.1, -0.05) is 24.1 Å². The van der Waals surface area contributed by atoms with Crippen molar-refractivity contribution in [2.75, 3.05) is 0 Å². The molecule has 142 valence electrons. The minimum Gasteiger partial charge on any atom is -0.302 e. The van der Waals surface area contributed by atoms with Crippen LogP contribution in [-0.4, -0.2) is 35.4 Å². The molecule has 0 radical (unpaired) electrons. The fourth-order valence-electron chi connectivity index (χ4n) is 3.20. The summed E-state index contributed by atoms with van der Waals surface area (Å²) in [4.78, 5) is 21.9. The Bertz CT molecular complexity index is 1220. The second-order valence-corrected chi connectivity index (χ2v) is 7.05. The van der Waals surface area contributed by atoms with E-state index < -0.39 is 0 Å². The summed E-state index contributed by atoms with van der Waals surface area (Å²) in [6.07, 6.45) is 1.53. The molecule has 1 N–H and O–H groups in total. The molecular weight excluding hydrogens is 424 g/mol. The number of aliphatic imine (C=N–C) groups is 1. The molecule has 4 rings (SSSR count). The Morgan fingerprint density at radius 1 is 1.32 bits per heavy atom. The second kappa shape index (κ2) is 7.22. The molecule has 28 heavy (non-hydrogen) atoms. The molecule has 0 spiro atoms. The Labute approximate surface area is 169 Å². The van der Waals surface area contributed by atoms with Gasteiger partial charge in [0.05, 0.1) is 24.5 Å². The molecule has 2 aromatic heterocycles. The fourth-order valence-corrected chi connectivity index (χ4v) is 3.70. The van der Waals surface area contributed by atoms with Crippen molar-refractivity contribution < 1.29 is 5.21 Å². The Kier molecular flexibility index (Phi) is 4.75. The van der Waals surface area contributed by atoms with Crippen LogP contribution < -0.4 is 5.56 Å². The Morgan fingerprint density at radius 3 is 2.89 bits per heavy atom. The number of hydrogen-bond donors (Lipinski definition) is 1. The molecule has 0 fully saturated rings. The largest absolute Gasteiger partial charge is 0.302 e. The first-order chi connectivity index (χ1) is 13.5. The lowest BCUT2D eigenvalue weighted by Gasteiger charge is -2.30. The van der Waals surface area contributed by atoms with Crippen molar-refractivity contribution in [3.63, 3.8) is 0 Å². The maximum absolute atomic E-state index is 13.0. The highest BCUT2D eigenvalue weighted by Crippen LogP contribution is 2.33. The number of fused-ring (bicyclic) bond motifs is 2. The average molecular weight is 441 g/mol. The SMILES string of the molecule is CC#CCn1c(Br)nc2cnn(CC3=Nc4ccccc4C(C)N3O)c(=O)c21. The van der Waals surface area contributed by atoms with Crippen molar-refractivity contribution in [3.8, 4) is 11.8 Å². The van der Waals surface area contributed by atoms with E-state index in [0.29, 0.717) is 28.1 Å². The molecule has 1 aromatic carbocycles. The van der Waals surface area contributed by atoms with Gasteiger partial charge in [-0.25, -0.2) is 19.7 Å². The number of aromatic nitrogens is 4. The van der Waals surface area contributed by atoms with Crippen LogP contribution in [0, 0.1) is 11.8 Å². The highest BCUT2D eigenvalue weighted by Gasteiger charge is 2.26. The van der Waals surface area contributed by atoms with Crippen LogP contribution in [0.25, 0.3) is 11.0 Å². The number of imidazole rings is 1. The molecule has 1 aliphatic rings. The zero-order valence-electron chi connectivity index (χ0n) is 15.3. The van der Waals surface area contributed by atoms with Gasteiger partial charge < -0.3 is 4.57 Å². The minimum absolute atomic E-state index is 0.0339. The van der Waals surface area contributed by atoms with E-state index in [1.807, 2.05) is 31.2 Å². The average Bonchev–Trinajstić information content (AvgIpc) is 3.02. The first-order valence-electron chi connectivity index (χ1n) is 8.67. The number of halogens is 1. The van der Waals surface area contributed by atoms with Gasteiger partial charge in [-0.05, 0) is 35.8 Å². The maximum Gasteiger partial charge on any atom is 0.293 e. The highest BCUT2D eigenvalue weighted by atomic mass is 79.9. The molecule has 1 unspecified atom stereocenters.